The molecule has 11 rings (SSSR count). The van der Waals surface area contributed by atoms with Crippen molar-refractivity contribution in [2.75, 3.05) is 4.90 Å². The molecule has 0 radical (unpaired) electrons. The summed E-state index contributed by atoms with van der Waals surface area (Å²) in [6, 6.07) is 80.7. The summed E-state index contributed by atoms with van der Waals surface area (Å²) >= 11 is 0. The summed E-state index contributed by atoms with van der Waals surface area (Å²) in [4.78, 5) is 2.37. The minimum Gasteiger partial charge on any atom is -0.455 e. The third-order valence-corrected chi connectivity index (χ3v) is 11.5. The van der Waals surface area contributed by atoms with Crippen LogP contribution in [0.1, 0.15) is 0 Å². The lowest BCUT2D eigenvalue weighted by Gasteiger charge is -2.27. The molecule has 1 aromatic heterocycles. The normalized spacial score (nSPS) is 11.4. The molecule has 0 amide bonds. The van der Waals surface area contributed by atoms with E-state index >= 15 is 0 Å². The van der Waals surface area contributed by atoms with Crippen molar-refractivity contribution in [3.05, 3.63) is 224 Å². The summed E-state index contributed by atoms with van der Waals surface area (Å²) in [6.45, 7) is 0. The van der Waals surface area contributed by atoms with Gasteiger partial charge >= 0.3 is 0 Å². The molecule has 0 atom stereocenters. The highest BCUT2D eigenvalue weighted by molar-refractivity contribution is 6.10. The molecule has 0 saturated carbocycles. The summed E-state index contributed by atoms with van der Waals surface area (Å²) in [5, 5.41) is 7.16. The van der Waals surface area contributed by atoms with Crippen LogP contribution in [0.15, 0.2) is 229 Å². The number of hydrogen-bond donors (Lipinski definition) is 0. The van der Waals surface area contributed by atoms with E-state index in [1.807, 2.05) is 12.1 Å². The van der Waals surface area contributed by atoms with Crippen molar-refractivity contribution in [2.24, 2.45) is 0 Å². The van der Waals surface area contributed by atoms with Gasteiger partial charge in [0.05, 0.1) is 5.69 Å². The Hall–Kier alpha value is -7.68. The lowest BCUT2D eigenvalue weighted by molar-refractivity contribution is 0.670. The fourth-order valence-corrected chi connectivity index (χ4v) is 8.67. The van der Waals surface area contributed by atoms with Gasteiger partial charge in [-0.25, -0.2) is 0 Å². The van der Waals surface area contributed by atoms with Gasteiger partial charge in [0.15, 0.2) is 0 Å². The minimum absolute atomic E-state index is 0.907. The molecule has 2 nitrogen and oxygen atoms in total. The largest absolute Gasteiger partial charge is 0.455 e. The van der Waals surface area contributed by atoms with Crippen LogP contribution in [0.2, 0.25) is 0 Å². The van der Waals surface area contributed by atoms with Crippen LogP contribution in [0.25, 0.3) is 88.0 Å². The number of para-hydroxylation sites is 2. The molecule has 0 aliphatic rings. The molecule has 1 heterocycles. The van der Waals surface area contributed by atoms with Gasteiger partial charge in [0.1, 0.15) is 11.2 Å². The Morgan fingerprint density at radius 3 is 1.60 bits per heavy atom. The number of rotatable bonds is 7. The Kier molecular flexibility index (Phi) is 8.19. The van der Waals surface area contributed by atoms with Crippen molar-refractivity contribution < 1.29 is 4.42 Å². The third-order valence-electron chi connectivity index (χ3n) is 11.5. The highest BCUT2D eigenvalue weighted by atomic mass is 16.3. The zero-order valence-corrected chi connectivity index (χ0v) is 31.7. The summed E-state index contributed by atoms with van der Waals surface area (Å²) in [5.41, 5.74) is 14.5. The zero-order chi connectivity index (χ0) is 38.4. The van der Waals surface area contributed by atoms with E-state index < -0.39 is 0 Å². The molecule has 11 aromatic rings. The quantitative estimate of drug-likeness (QED) is 0.162. The molecule has 0 fully saturated rings. The fourth-order valence-electron chi connectivity index (χ4n) is 8.67. The molecule has 2 heteroatoms. The topological polar surface area (TPSA) is 16.4 Å². The van der Waals surface area contributed by atoms with E-state index in [1.165, 1.54) is 49.4 Å². The Balaban J connectivity index is 1.01. The van der Waals surface area contributed by atoms with Crippen molar-refractivity contribution in [1.29, 1.82) is 0 Å². The van der Waals surface area contributed by atoms with Crippen LogP contribution in [0.3, 0.4) is 0 Å². The average molecular weight is 740 g/mol. The first-order chi connectivity index (χ1) is 28.8. The van der Waals surface area contributed by atoms with E-state index in [2.05, 4.69) is 217 Å². The van der Waals surface area contributed by atoms with E-state index in [0.29, 0.717) is 0 Å². The third kappa shape index (κ3) is 5.82. The lowest BCUT2D eigenvalue weighted by atomic mass is 9.89. The highest BCUT2D eigenvalue weighted by Crippen LogP contribution is 2.43. The van der Waals surface area contributed by atoms with Gasteiger partial charge in [-0.05, 0) is 97.6 Å². The molecule has 0 aliphatic carbocycles. The van der Waals surface area contributed by atoms with Crippen molar-refractivity contribution in [2.45, 2.75) is 0 Å². The predicted octanol–water partition coefficient (Wildman–Crippen LogP) is 16.0. The van der Waals surface area contributed by atoms with E-state index in [1.54, 1.807) is 0 Å². The number of anilines is 3. The number of fused-ring (bicyclic) bond motifs is 5. The second-order valence-electron chi connectivity index (χ2n) is 14.9. The first-order valence-corrected chi connectivity index (χ1v) is 19.8. The summed E-state index contributed by atoms with van der Waals surface area (Å²) in [7, 11) is 0. The maximum atomic E-state index is 6.42. The maximum Gasteiger partial charge on any atom is 0.143 e. The van der Waals surface area contributed by atoms with Gasteiger partial charge in [-0.3, -0.25) is 0 Å². The maximum absolute atomic E-state index is 6.42. The molecule has 0 aliphatic heterocycles. The van der Waals surface area contributed by atoms with E-state index in [9.17, 15) is 0 Å². The van der Waals surface area contributed by atoms with E-state index in [-0.39, 0.29) is 0 Å². The van der Waals surface area contributed by atoms with Crippen LogP contribution in [0.4, 0.5) is 17.1 Å². The summed E-state index contributed by atoms with van der Waals surface area (Å²) in [5.74, 6) is 0. The molecule has 0 saturated heterocycles. The first-order valence-electron chi connectivity index (χ1n) is 19.8. The SMILES string of the molecule is c1ccc(-c2ccc(-c3ccc(N(c4ccc(-c5cccc6c5oc5ccccc56)cc4)c4cccc5ccccc45)cc3)cc2-c2cccc3ccccc23)cc1. The Bertz CT molecular complexity index is 3260. The molecule has 272 valence electrons. The second-order valence-corrected chi connectivity index (χ2v) is 14.9. The van der Waals surface area contributed by atoms with Gasteiger partial charge < -0.3 is 9.32 Å². The van der Waals surface area contributed by atoms with Crippen LogP contribution in [0, 0.1) is 0 Å². The van der Waals surface area contributed by atoms with Crippen LogP contribution < -0.4 is 4.90 Å². The van der Waals surface area contributed by atoms with Gasteiger partial charge in [0.25, 0.3) is 0 Å². The van der Waals surface area contributed by atoms with Crippen molar-refractivity contribution in [3.63, 3.8) is 0 Å². The van der Waals surface area contributed by atoms with Gasteiger partial charge in [-0.2, -0.15) is 0 Å². The van der Waals surface area contributed by atoms with Crippen LogP contribution in [-0.4, -0.2) is 0 Å². The zero-order valence-electron chi connectivity index (χ0n) is 31.7. The molecular weight excluding hydrogens is 703 g/mol. The minimum atomic E-state index is 0.907. The molecular formula is C56H37NO. The molecule has 0 spiro atoms. The number of hydrogen-bond acceptors (Lipinski definition) is 2. The Morgan fingerprint density at radius 2 is 0.828 bits per heavy atom. The lowest BCUT2D eigenvalue weighted by Crippen LogP contribution is -2.10. The highest BCUT2D eigenvalue weighted by Gasteiger charge is 2.18. The van der Waals surface area contributed by atoms with Crippen LogP contribution >= 0.6 is 0 Å². The van der Waals surface area contributed by atoms with Crippen molar-refractivity contribution in [1.82, 2.24) is 0 Å². The predicted molar refractivity (Wildman–Crippen MR) is 245 cm³/mol. The standard InChI is InChI=1S/C56H37NO/c1-2-13-39(14-3-1)47-36-31-43(37-53(47)50-23-10-17-40-15-4-6-19-46(40)50)38-27-32-44(33-28-38)57(54-25-11-18-41-16-5-7-20-48(41)54)45-34-29-42(30-35-45)49-22-12-24-52-51-21-8-9-26-55(51)58-56(49)52/h1-37H. The van der Waals surface area contributed by atoms with Crippen LogP contribution in [-0.2, 0) is 0 Å². The van der Waals surface area contributed by atoms with E-state index in [4.69, 9.17) is 4.42 Å². The molecule has 10 aromatic carbocycles. The molecule has 0 bridgehead atoms. The summed E-state index contributed by atoms with van der Waals surface area (Å²) < 4.78 is 6.42. The summed E-state index contributed by atoms with van der Waals surface area (Å²) in [6.07, 6.45) is 0. The average Bonchev–Trinajstić information content (AvgIpc) is 3.69. The van der Waals surface area contributed by atoms with E-state index in [0.717, 1.165) is 55.7 Å². The Morgan fingerprint density at radius 1 is 0.293 bits per heavy atom. The van der Waals surface area contributed by atoms with Crippen molar-refractivity contribution >= 4 is 60.5 Å². The molecule has 58 heavy (non-hydrogen) atoms. The van der Waals surface area contributed by atoms with Crippen LogP contribution in [0.5, 0.6) is 0 Å². The van der Waals surface area contributed by atoms with Gasteiger partial charge in [-0.15, -0.1) is 0 Å². The number of furan rings is 1. The van der Waals surface area contributed by atoms with Gasteiger partial charge in [0, 0.05) is 33.1 Å². The second kappa shape index (κ2) is 14.1. The first kappa shape index (κ1) is 33.6. The molecule has 0 unspecified atom stereocenters. The molecule has 0 N–H and O–H groups in total. The monoisotopic (exact) mass is 739 g/mol. The van der Waals surface area contributed by atoms with Gasteiger partial charge in [0.2, 0.25) is 0 Å². The Labute approximate surface area is 337 Å². The van der Waals surface area contributed by atoms with Gasteiger partial charge in [-0.1, -0.05) is 182 Å². The smallest absolute Gasteiger partial charge is 0.143 e. The number of nitrogens with zero attached hydrogens (tertiary/aromatic N) is 1. The van der Waals surface area contributed by atoms with Crippen molar-refractivity contribution in [3.8, 4) is 44.5 Å². The number of benzene rings is 10. The fraction of sp³-hybridized carbons (Fsp3) is 0.